The first-order valence-corrected chi connectivity index (χ1v) is 3.39. The minimum absolute atomic E-state index is 0.212. The fraction of sp³-hybridized carbons (Fsp3) is 0.750. The summed E-state index contributed by atoms with van der Waals surface area (Å²) in [6, 6.07) is 0. The predicted molar refractivity (Wildman–Crippen MR) is 42.6 cm³/mol. The molecule has 0 heterocycles. The van der Waals surface area contributed by atoms with Gasteiger partial charge in [0.15, 0.2) is 0 Å². The van der Waals surface area contributed by atoms with Crippen LogP contribution >= 0.6 is 0 Å². The lowest BCUT2D eigenvalue weighted by atomic mass is 10.5. The largest absolute Gasteiger partial charge is 0.359 e. The average molecular weight is 191 g/mol. The van der Waals surface area contributed by atoms with E-state index in [-0.39, 0.29) is 6.54 Å². The second-order valence-corrected chi connectivity index (χ2v) is 2.01. The van der Waals surface area contributed by atoms with Gasteiger partial charge in [0.05, 0.1) is 0 Å². The Hall–Kier alpha value is -1.93. The highest BCUT2D eigenvalue weighted by Gasteiger charge is 2.32. The van der Waals surface area contributed by atoms with Crippen molar-refractivity contribution in [1.82, 2.24) is 5.12 Å². The van der Waals surface area contributed by atoms with Gasteiger partial charge in [-0.15, -0.1) is 0 Å². The minimum atomic E-state index is -1.24. The SMILES string of the molecule is CCCN=C(N)N([N+](=O)[O-])[N+](=O)[O-]. The van der Waals surface area contributed by atoms with Crippen LogP contribution in [0.5, 0.6) is 0 Å². The van der Waals surface area contributed by atoms with E-state index < -0.39 is 21.1 Å². The first kappa shape index (κ1) is 11.1. The number of nitrogens with two attached hydrogens (primary N) is 1. The van der Waals surface area contributed by atoms with Crippen LogP contribution in [0.2, 0.25) is 0 Å². The average Bonchev–Trinajstić information content (AvgIpc) is 1.99. The van der Waals surface area contributed by atoms with E-state index in [1.54, 1.807) is 6.92 Å². The summed E-state index contributed by atoms with van der Waals surface area (Å²) in [5.41, 5.74) is 5.00. The third-order valence-corrected chi connectivity index (χ3v) is 1.01. The molecule has 74 valence electrons. The molecule has 0 amide bonds. The number of aliphatic imine (C=N–C) groups is 1. The summed E-state index contributed by atoms with van der Waals surface area (Å²) in [6.45, 7) is 1.98. The summed E-state index contributed by atoms with van der Waals surface area (Å²) in [5.74, 6) is -0.725. The number of hydrogen-bond donors (Lipinski definition) is 1. The van der Waals surface area contributed by atoms with E-state index >= 15 is 0 Å². The molecule has 0 bridgehead atoms. The second-order valence-electron chi connectivity index (χ2n) is 2.01. The van der Waals surface area contributed by atoms with Crippen LogP contribution in [-0.4, -0.2) is 27.7 Å². The molecule has 9 nitrogen and oxygen atoms in total. The topological polar surface area (TPSA) is 128 Å². The lowest BCUT2D eigenvalue weighted by Gasteiger charge is -2.00. The Morgan fingerprint density at radius 1 is 1.46 bits per heavy atom. The summed E-state index contributed by atoms with van der Waals surface area (Å²) in [6.07, 6.45) is 0.601. The molecule has 0 aliphatic heterocycles. The molecule has 0 aliphatic carbocycles. The Balaban J connectivity index is 4.55. The third kappa shape index (κ3) is 3.31. The molecule has 0 atom stereocenters. The van der Waals surface area contributed by atoms with Crippen LogP contribution in [-0.2, 0) is 0 Å². The van der Waals surface area contributed by atoms with Gasteiger partial charge in [-0.25, -0.2) is 25.2 Å². The highest BCUT2D eigenvalue weighted by molar-refractivity contribution is 5.75. The number of hydrogen-bond acceptors (Lipinski definition) is 5. The molecule has 0 saturated carbocycles. The molecule has 0 saturated heterocycles. The van der Waals surface area contributed by atoms with Crippen molar-refractivity contribution in [1.29, 1.82) is 0 Å². The van der Waals surface area contributed by atoms with Crippen molar-refractivity contribution >= 4 is 5.96 Å². The standard InChI is InChI=1S/C4H9N5O4/c1-2-3-6-4(5)7(8(10)11)9(12)13/h2-3H2,1H3,(H2,5,6). The summed E-state index contributed by atoms with van der Waals surface area (Å²) in [5, 5.41) is 17.2. The van der Waals surface area contributed by atoms with Gasteiger partial charge in [-0.3, -0.25) is 0 Å². The molecule has 9 heteroatoms. The Morgan fingerprint density at radius 2 is 1.92 bits per heavy atom. The molecular weight excluding hydrogens is 182 g/mol. The zero-order valence-electron chi connectivity index (χ0n) is 6.91. The lowest BCUT2D eigenvalue weighted by Crippen LogP contribution is -2.45. The van der Waals surface area contributed by atoms with Gasteiger partial charge in [0.1, 0.15) is 0 Å². The van der Waals surface area contributed by atoms with Gasteiger partial charge in [0.25, 0.3) is 0 Å². The lowest BCUT2D eigenvalue weighted by molar-refractivity contribution is -0.881. The number of nitrogens with zero attached hydrogens (tertiary/aromatic N) is 4. The normalized spacial score (nSPS) is 11.0. The van der Waals surface area contributed by atoms with E-state index in [1.165, 1.54) is 0 Å². The van der Waals surface area contributed by atoms with Crippen molar-refractivity contribution in [3.05, 3.63) is 20.2 Å². The molecule has 0 unspecified atom stereocenters. The number of hydrazine groups is 2. The van der Waals surface area contributed by atoms with Crippen LogP contribution in [0, 0.1) is 20.2 Å². The van der Waals surface area contributed by atoms with Crippen molar-refractivity contribution < 1.29 is 10.1 Å². The van der Waals surface area contributed by atoms with Gasteiger partial charge < -0.3 is 5.73 Å². The third-order valence-electron chi connectivity index (χ3n) is 1.01. The summed E-state index contributed by atoms with van der Waals surface area (Å²) < 4.78 is 0. The monoisotopic (exact) mass is 191 g/mol. The second kappa shape index (κ2) is 4.85. The van der Waals surface area contributed by atoms with E-state index in [4.69, 9.17) is 5.73 Å². The highest BCUT2D eigenvalue weighted by atomic mass is 16.8. The Morgan fingerprint density at radius 3 is 2.23 bits per heavy atom. The summed E-state index contributed by atoms with van der Waals surface area (Å²) in [4.78, 5) is 23.6. The molecule has 0 spiro atoms. The first-order chi connectivity index (χ1) is 6.00. The molecule has 0 aromatic carbocycles. The van der Waals surface area contributed by atoms with Gasteiger partial charge in [-0.05, 0) is 6.42 Å². The Kier molecular flexibility index (Phi) is 4.13. The zero-order valence-corrected chi connectivity index (χ0v) is 6.91. The molecule has 2 N–H and O–H groups in total. The molecule has 0 radical (unpaired) electrons. The van der Waals surface area contributed by atoms with Crippen molar-refractivity contribution in [2.24, 2.45) is 10.7 Å². The van der Waals surface area contributed by atoms with E-state index in [9.17, 15) is 20.2 Å². The molecule has 13 heavy (non-hydrogen) atoms. The van der Waals surface area contributed by atoms with Crippen LogP contribution in [0.15, 0.2) is 4.99 Å². The van der Waals surface area contributed by atoms with Crippen molar-refractivity contribution in [2.45, 2.75) is 13.3 Å². The van der Waals surface area contributed by atoms with Crippen molar-refractivity contribution in [2.75, 3.05) is 6.54 Å². The van der Waals surface area contributed by atoms with Gasteiger partial charge in [0, 0.05) is 6.54 Å². The van der Waals surface area contributed by atoms with E-state index in [0.717, 1.165) is 0 Å². The highest BCUT2D eigenvalue weighted by Crippen LogP contribution is 1.89. The fourth-order valence-corrected chi connectivity index (χ4v) is 0.517. The molecular formula is C4H9N5O4. The van der Waals surface area contributed by atoms with E-state index in [1.807, 2.05) is 0 Å². The zero-order chi connectivity index (χ0) is 10.4. The molecule has 0 aromatic rings. The number of rotatable bonds is 4. The maximum absolute atomic E-state index is 10.1. The van der Waals surface area contributed by atoms with Crippen molar-refractivity contribution in [3.8, 4) is 0 Å². The maximum Gasteiger partial charge on any atom is 0.332 e. The van der Waals surface area contributed by atoms with Gasteiger partial charge in [-0.2, -0.15) is 0 Å². The Bertz CT molecular complexity index is 225. The number of nitro groups is 2. The van der Waals surface area contributed by atoms with Gasteiger partial charge >= 0.3 is 5.96 Å². The van der Waals surface area contributed by atoms with Crippen LogP contribution in [0.25, 0.3) is 0 Å². The minimum Gasteiger partial charge on any atom is -0.359 e. The van der Waals surface area contributed by atoms with Crippen molar-refractivity contribution in [3.63, 3.8) is 0 Å². The number of guanidine groups is 1. The summed E-state index contributed by atoms with van der Waals surface area (Å²) in [7, 11) is 0. The maximum atomic E-state index is 10.1. The first-order valence-electron chi connectivity index (χ1n) is 3.39. The summed E-state index contributed by atoms with van der Waals surface area (Å²) >= 11 is 0. The van der Waals surface area contributed by atoms with Crippen LogP contribution in [0.3, 0.4) is 0 Å². The molecule has 0 aliphatic rings. The van der Waals surface area contributed by atoms with Crippen LogP contribution in [0.4, 0.5) is 0 Å². The van der Waals surface area contributed by atoms with Gasteiger partial charge in [0.2, 0.25) is 15.2 Å². The molecule has 0 aromatic heterocycles. The van der Waals surface area contributed by atoms with E-state index in [0.29, 0.717) is 6.42 Å². The fourth-order valence-electron chi connectivity index (χ4n) is 0.517. The Labute approximate surface area is 73.1 Å². The van der Waals surface area contributed by atoms with Gasteiger partial charge in [-0.1, -0.05) is 6.92 Å². The molecule has 0 fully saturated rings. The predicted octanol–water partition coefficient (Wildman–Crippen LogP) is -0.603. The molecule has 0 rings (SSSR count). The van der Waals surface area contributed by atoms with Crippen LogP contribution < -0.4 is 5.73 Å². The van der Waals surface area contributed by atoms with E-state index in [2.05, 4.69) is 4.99 Å². The quantitative estimate of drug-likeness (QED) is 0.273. The smallest absolute Gasteiger partial charge is 0.332 e. The van der Waals surface area contributed by atoms with Crippen LogP contribution in [0.1, 0.15) is 13.3 Å².